The summed E-state index contributed by atoms with van der Waals surface area (Å²) in [7, 11) is 0. The van der Waals surface area contributed by atoms with Crippen LogP contribution in [-0.2, 0) is 0 Å². The van der Waals surface area contributed by atoms with Crippen LogP contribution in [0.2, 0.25) is 0 Å². The summed E-state index contributed by atoms with van der Waals surface area (Å²) >= 11 is 0. The van der Waals surface area contributed by atoms with Crippen molar-refractivity contribution in [3.8, 4) is 0 Å². The van der Waals surface area contributed by atoms with E-state index in [1.807, 2.05) is 0 Å². The summed E-state index contributed by atoms with van der Waals surface area (Å²) in [6, 6.07) is 0. The van der Waals surface area contributed by atoms with E-state index in [0.717, 1.165) is 19.6 Å². The predicted octanol–water partition coefficient (Wildman–Crippen LogP) is 6.09. The van der Waals surface area contributed by atoms with E-state index < -0.39 is 0 Å². The van der Waals surface area contributed by atoms with Gasteiger partial charge in [0.15, 0.2) is 0 Å². The van der Waals surface area contributed by atoms with Crippen LogP contribution in [0.25, 0.3) is 0 Å². The van der Waals surface area contributed by atoms with Gasteiger partial charge >= 0.3 is 0 Å². The Hall–Kier alpha value is -0.670. The van der Waals surface area contributed by atoms with Gasteiger partial charge in [-0.25, -0.2) is 0 Å². The van der Waals surface area contributed by atoms with Crippen LogP contribution in [0.5, 0.6) is 0 Å². The molecule has 1 atom stereocenters. The number of nitrogens with zero attached hydrogens (tertiary/aromatic N) is 2. The number of allylic oxidation sites excluding steroid dienone is 2. The van der Waals surface area contributed by atoms with Gasteiger partial charge in [-0.3, -0.25) is 9.89 Å². The SMILES string of the molecule is C/C=C/CCCCCCCCCCCCCCCC1N=CCN1CCN. The lowest BCUT2D eigenvalue weighted by Crippen LogP contribution is -2.34. The molecule has 0 aromatic rings. The standard InChI is InChI=1S/C23H45N3/c1-2-3-4-5-6-7-8-9-10-11-12-13-14-15-16-17-18-23-25-20-22-26(23)21-19-24/h2-3,20,23H,4-19,21-22,24H2,1H3/b3-2+. The third-order valence-corrected chi connectivity index (χ3v) is 5.50. The van der Waals surface area contributed by atoms with Gasteiger partial charge in [0, 0.05) is 25.8 Å². The average Bonchev–Trinajstić information content (AvgIpc) is 3.09. The van der Waals surface area contributed by atoms with E-state index >= 15 is 0 Å². The monoisotopic (exact) mass is 363 g/mol. The van der Waals surface area contributed by atoms with Crippen molar-refractivity contribution in [3.05, 3.63) is 12.2 Å². The first-order valence-corrected chi connectivity index (χ1v) is 11.5. The van der Waals surface area contributed by atoms with Gasteiger partial charge in [-0.15, -0.1) is 0 Å². The lowest BCUT2D eigenvalue weighted by atomic mass is 10.0. The Morgan fingerprint density at radius 2 is 1.42 bits per heavy atom. The van der Waals surface area contributed by atoms with Crippen LogP contribution in [0.15, 0.2) is 17.1 Å². The molecule has 0 spiro atoms. The minimum atomic E-state index is 0.418. The largest absolute Gasteiger partial charge is 0.329 e. The van der Waals surface area contributed by atoms with Gasteiger partial charge < -0.3 is 5.73 Å². The molecule has 3 nitrogen and oxygen atoms in total. The highest BCUT2D eigenvalue weighted by Gasteiger charge is 2.19. The van der Waals surface area contributed by atoms with Gasteiger partial charge in [0.25, 0.3) is 0 Å². The second-order valence-corrected chi connectivity index (χ2v) is 7.84. The van der Waals surface area contributed by atoms with Crippen molar-refractivity contribution in [2.75, 3.05) is 19.6 Å². The van der Waals surface area contributed by atoms with Gasteiger partial charge in [-0.2, -0.15) is 0 Å². The molecule has 0 aromatic heterocycles. The number of rotatable bonds is 18. The predicted molar refractivity (Wildman–Crippen MR) is 117 cm³/mol. The minimum Gasteiger partial charge on any atom is -0.329 e. The van der Waals surface area contributed by atoms with Crippen LogP contribution in [0.4, 0.5) is 0 Å². The zero-order valence-corrected chi connectivity index (χ0v) is 17.5. The molecule has 1 rings (SSSR count). The molecular weight excluding hydrogens is 318 g/mol. The van der Waals surface area contributed by atoms with Crippen LogP contribution >= 0.6 is 0 Å². The summed E-state index contributed by atoms with van der Waals surface area (Å²) in [6.07, 6.45) is 27.8. The topological polar surface area (TPSA) is 41.6 Å². The molecule has 152 valence electrons. The molecule has 1 aliphatic rings. The summed E-state index contributed by atoms with van der Waals surface area (Å²) < 4.78 is 0. The second-order valence-electron chi connectivity index (χ2n) is 7.84. The van der Waals surface area contributed by atoms with E-state index in [1.165, 1.54) is 96.3 Å². The van der Waals surface area contributed by atoms with Crippen molar-refractivity contribution in [1.82, 2.24) is 4.90 Å². The highest BCUT2D eigenvalue weighted by molar-refractivity contribution is 5.62. The van der Waals surface area contributed by atoms with Crippen LogP contribution in [0.3, 0.4) is 0 Å². The molecular formula is C23H45N3. The summed E-state index contributed by atoms with van der Waals surface area (Å²) in [4.78, 5) is 6.99. The second kappa shape index (κ2) is 17.7. The van der Waals surface area contributed by atoms with Gasteiger partial charge in [0.1, 0.15) is 6.17 Å². The minimum absolute atomic E-state index is 0.418. The zero-order valence-electron chi connectivity index (χ0n) is 17.5. The Morgan fingerprint density at radius 1 is 0.885 bits per heavy atom. The quantitative estimate of drug-likeness (QED) is 0.237. The molecule has 0 amide bonds. The number of hydrogen-bond donors (Lipinski definition) is 1. The Kier molecular flexibility index (Phi) is 15.9. The van der Waals surface area contributed by atoms with Gasteiger partial charge in [0.2, 0.25) is 0 Å². The first kappa shape index (κ1) is 23.4. The number of hydrogen-bond acceptors (Lipinski definition) is 3. The molecule has 1 heterocycles. The van der Waals surface area contributed by atoms with Crippen LogP contribution < -0.4 is 5.73 Å². The van der Waals surface area contributed by atoms with Crippen molar-refractivity contribution < 1.29 is 0 Å². The fourth-order valence-corrected chi connectivity index (χ4v) is 3.85. The van der Waals surface area contributed by atoms with Crippen molar-refractivity contribution in [2.45, 2.75) is 109 Å². The fraction of sp³-hybridized carbons (Fsp3) is 0.870. The van der Waals surface area contributed by atoms with Crippen LogP contribution in [0.1, 0.15) is 103 Å². The summed E-state index contributed by atoms with van der Waals surface area (Å²) in [5.41, 5.74) is 5.66. The normalized spacial score (nSPS) is 17.7. The number of nitrogens with two attached hydrogens (primary N) is 1. The van der Waals surface area contributed by atoms with E-state index in [4.69, 9.17) is 5.73 Å². The highest BCUT2D eigenvalue weighted by Crippen LogP contribution is 2.16. The fourth-order valence-electron chi connectivity index (χ4n) is 3.85. The number of aliphatic imine (C=N–C) groups is 1. The highest BCUT2D eigenvalue weighted by atomic mass is 15.3. The summed E-state index contributed by atoms with van der Waals surface area (Å²) in [6.45, 7) is 4.85. The first-order chi connectivity index (χ1) is 12.9. The van der Waals surface area contributed by atoms with E-state index in [9.17, 15) is 0 Å². The van der Waals surface area contributed by atoms with Crippen molar-refractivity contribution in [2.24, 2.45) is 10.7 Å². The smallest absolute Gasteiger partial charge is 0.102 e. The molecule has 26 heavy (non-hydrogen) atoms. The van der Waals surface area contributed by atoms with Crippen molar-refractivity contribution in [1.29, 1.82) is 0 Å². The molecule has 0 aromatic carbocycles. The molecule has 2 N–H and O–H groups in total. The van der Waals surface area contributed by atoms with Crippen molar-refractivity contribution >= 4 is 6.21 Å². The van der Waals surface area contributed by atoms with E-state index in [-0.39, 0.29) is 0 Å². The molecule has 0 fully saturated rings. The molecule has 3 heteroatoms. The van der Waals surface area contributed by atoms with E-state index in [1.54, 1.807) is 0 Å². The number of unbranched alkanes of at least 4 members (excludes halogenated alkanes) is 13. The third-order valence-electron chi connectivity index (χ3n) is 5.50. The maximum absolute atomic E-state index is 5.66. The van der Waals surface area contributed by atoms with E-state index in [0.29, 0.717) is 6.17 Å². The Balaban J connectivity index is 1.75. The lowest BCUT2D eigenvalue weighted by Gasteiger charge is -2.21. The summed E-state index contributed by atoms with van der Waals surface area (Å²) in [5.74, 6) is 0. The Bertz CT molecular complexity index is 351. The maximum atomic E-state index is 5.66. The van der Waals surface area contributed by atoms with Gasteiger partial charge in [-0.05, 0) is 32.6 Å². The molecule has 0 saturated carbocycles. The van der Waals surface area contributed by atoms with E-state index in [2.05, 4.69) is 35.2 Å². The maximum Gasteiger partial charge on any atom is 0.102 e. The Morgan fingerprint density at radius 3 is 1.96 bits per heavy atom. The lowest BCUT2D eigenvalue weighted by molar-refractivity contribution is 0.241. The van der Waals surface area contributed by atoms with Crippen molar-refractivity contribution in [3.63, 3.8) is 0 Å². The molecule has 0 bridgehead atoms. The van der Waals surface area contributed by atoms with Gasteiger partial charge in [-0.1, -0.05) is 82.8 Å². The Labute approximate surface area is 163 Å². The van der Waals surface area contributed by atoms with Crippen LogP contribution in [0, 0.1) is 0 Å². The zero-order chi connectivity index (χ0) is 18.7. The van der Waals surface area contributed by atoms with Crippen LogP contribution in [-0.4, -0.2) is 36.9 Å². The summed E-state index contributed by atoms with van der Waals surface area (Å²) in [5, 5.41) is 0. The third kappa shape index (κ3) is 12.6. The average molecular weight is 364 g/mol. The first-order valence-electron chi connectivity index (χ1n) is 11.5. The molecule has 0 radical (unpaired) electrons. The molecule has 1 aliphatic heterocycles. The molecule has 0 saturated heterocycles. The van der Waals surface area contributed by atoms with Gasteiger partial charge in [0.05, 0.1) is 0 Å². The molecule has 0 aliphatic carbocycles. The molecule has 1 unspecified atom stereocenters.